The van der Waals surface area contributed by atoms with E-state index in [0.29, 0.717) is 22.6 Å². The number of carbonyl (C=O) groups excluding carboxylic acids is 2. The fourth-order valence-electron chi connectivity index (χ4n) is 2.47. The Labute approximate surface area is 150 Å². The summed E-state index contributed by atoms with van der Waals surface area (Å²) in [4.78, 5) is 27.8. The number of carbonyl (C=O) groups is 2. The van der Waals surface area contributed by atoms with Crippen LogP contribution in [-0.2, 0) is 14.3 Å². The minimum absolute atomic E-state index is 0.114. The van der Waals surface area contributed by atoms with E-state index in [-0.39, 0.29) is 11.6 Å². The molecule has 0 unspecified atom stereocenters. The molecule has 0 N–H and O–H groups in total. The number of aryl methyl sites for hydroxylation is 1. The summed E-state index contributed by atoms with van der Waals surface area (Å²) in [5.41, 5.74) is 2.35. The Kier molecular flexibility index (Phi) is 4.84. The standard InChI is InChI=1S/C20H17NO5/c1-12-5-4-6-14(9-12)19-21-17(20(23)26-19)11-15-10-16(24-3)7-8-18(15)25-13(2)22/h4-11H,1-3H3. The van der Waals surface area contributed by atoms with Crippen molar-refractivity contribution in [1.82, 2.24) is 0 Å². The van der Waals surface area contributed by atoms with Gasteiger partial charge in [-0.05, 0) is 43.3 Å². The first-order valence-corrected chi connectivity index (χ1v) is 7.92. The topological polar surface area (TPSA) is 74.2 Å². The van der Waals surface area contributed by atoms with Gasteiger partial charge in [0.25, 0.3) is 0 Å². The molecule has 1 aliphatic rings. The first-order chi connectivity index (χ1) is 12.5. The number of rotatable bonds is 4. The molecule has 0 radical (unpaired) electrons. The minimum Gasteiger partial charge on any atom is -0.497 e. The summed E-state index contributed by atoms with van der Waals surface area (Å²) in [6.45, 7) is 3.25. The van der Waals surface area contributed by atoms with E-state index in [1.54, 1.807) is 18.2 Å². The van der Waals surface area contributed by atoms with Crippen LogP contribution in [0.15, 0.2) is 53.2 Å². The lowest BCUT2D eigenvalue weighted by molar-refractivity contribution is -0.132. The molecule has 6 nitrogen and oxygen atoms in total. The summed E-state index contributed by atoms with van der Waals surface area (Å²) in [6.07, 6.45) is 1.51. The van der Waals surface area contributed by atoms with Gasteiger partial charge in [-0.2, -0.15) is 0 Å². The van der Waals surface area contributed by atoms with Crippen molar-refractivity contribution in [3.63, 3.8) is 0 Å². The molecule has 0 atom stereocenters. The molecule has 2 aromatic rings. The predicted octanol–water partition coefficient (Wildman–Crippen LogP) is 3.27. The Morgan fingerprint density at radius 2 is 2.00 bits per heavy atom. The number of aliphatic imine (C=N–C) groups is 1. The maximum Gasteiger partial charge on any atom is 0.363 e. The molecule has 1 heterocycles. The van der Waals surface area contributed by atoms with Gasteiger partial charge in [-0.25, -0.2) is 9.79 Å². The third kappa shape index (κ3) is 3.80. The van der Waals surface area contributed by atoms with Crippen LogP contribution in [0.25, 0.3) is 6.08 Å². The Morgan fingerprint density at radius 3 is 2.69 bits per heavy atom. The molecule has 132 valence electrons. The lowest BCUT2D eigenvalue weighted by Crippen LogP contribution is -2.05. The second-order valence-corrected chi connectivity index (χ2v) is 5.70. The van der Waals surface area contributed by atoms with Crippen molar-refractivity contribution >= 4 is 23.9 Å². The zero-order valence-electron chi connectivity index (χ0n) is 14.6. The van der Waals surface area contributed by atoms with Crippen molar-refractivity contribution in [2.24, 2.45) is 4.99 Å². The average molecular weight is 351 g/mol. The Hall–Kier alpha value is -3.41. The zero-order valence-corrected chi connectivity index (χ0v) is 14.6. The van der Waals surface area contributed by atoms with Gasteiger partial charge < -0.3 is 14.2 Å². The van der Waals surface area contributed by atoms with E-state index in [2.05, 4.69) is 4.99 Å². The zero-order chi connectivity index (χ0) is 18.7. The van der Waals surface area contributed by atoms with E-state index in [4.69, 9.17) is 14.2 Å². The molecule has 0 bridgehead atoms. The smallest absolute Gasteiger partial charge is 0.363 e. The van der Waals surface area contributed by atoms with Gasteiger partial charge in [-0.15, -0.1) is 0 Å². The molecule has 0 aromatic heterocycles. The molecular weight excluding hydrogens is 334 g/mol. The van der Waals surface area contributed by atoms with Crippen LogP contribution in [0.4, 0.5) is 0 Å². The molecule has 0 fully saturated rings. The van der Waals surface area contributed by atoms with Gasteiger partial charge in [-0.3, -0.25) is 4.79 Å². The summed E-state index contributed by atoms with van der Waals surface area (Å²) >= 11 is 0. The van der Waals surface area contributed by atoms with Gasteiger partial charge in [0.15, 0.2) is 5.70 Å². The van der Waals surface area contributed by atoms with E-state index in [9.17, 15) is 9.59 Å². The predicted molar refractivity (Wildman–Crippen MR) is 96.1 cm³/mol. The number of cyclic esters (lactones) is 1. The number of methoxy groups -OCH3 is 1. The van der Waals surface area contributed by atoms with Crippen molar-refractivity contribution < 1.29 is 23.8 Å². The molecule has 0 saturated carbocycles. The van der Waals surface area contributed by atoms with Gasteiger partial charge in [0.05, 0.1) is 7.11 Å². The quantitative estimate of drug-likeness (QED) is 0.480. The van der Waals surface area contributed by atoms with Gasteiger partial charge in [0.2, 0.25) is 5.90 Å². The summed E-state index contributed by atoms with van der Waals surface area (Å²) in [6, 6.07) is 12.4. The maximum atomic E-state index is 12.2. The molecular formula is C20H17NO5. The number of nitrogens with zero attached hydrogens (tertiary/aromatic N) is 1. The normalized spacial score (nSPS) is 14.8. The fraction of sp³-hybridized carbons (Fsp3) is 0.150. The molecule has 0 amide bonds. The maximum absolute atomic E-state index is 12.2. The molecule has 26 heavy (non-hydrogen) atoms. The number of ether oxygens (including phenoxy) is 3. The van der Waals surface area contributed by atoms with Crippen molar-refractivity contribution in [2.45, 2.75) is 13.8 Å². The first kappa shape index (κ1) is 17.4. The van der Waals surface area contributed by atoms with Crippen LogP contribution in [-0.4, -0.2) is 24.9 Å². The third-order valence-electron chi connectivity index (χ3n) is 3.65. The highest BCUT2D eigenvalue weighted by atomic mass is 16.6. The number of benzene rings is 2. The molecule has 1 aliphatic heterocycles. The fourth-order valence-corrected chi connectivity index (χ4v) is 2.47. The molecule has 0 spiro atoms. The van der Waals surface area contributed by atoms with Crippen molar-refractivity contribution in [2.75, 3.05) is 7.11 Å². The van der Waals surface area contributed by atoms with Crippen molar-refractivity contribution in [3.05, 3.63) is 64.9 Å². The van der Waals surface area contributed by atoms with E-state index in [1.807, 2.05) is 31.2 Å². The second-order valence-electron chi connectivity index (χ2n) is 5.70. The van der Waals surface area contributed by atoms with Crippen LogP contribution in [0.3, 0.4) is 0 Å². The van der Waals surface area contributed by atoms with Crippen LogP contribution >= 0.6 is 0 Å². The lowest BCUT2D eigenvalue weighted by Gasteiger charge is -2.08. The summed E-state index contributed by atoms with van der Waals surface area (Å²) in [7, 11) is 1.52. The Bertz CT molecular complexity index is 943. The van der Waals surface area contributed by atoms with Gasteiger partial charge >= 0.3 is 11.9 Å². The van der Waals surface area contributed by atoms with Crippen LogP contribution in [0, 0.1) is 6.92 Å². The Morgan fingerprint density at radius 1 is 1.19 bits per heavy atom. The van der Waals surface area contributed by atoms with Gasteiger partial charge in [0.1, 0.15) is 11.5 Å². The van der Waals surface area contributed by atoms with E-state index < -0.39 is 11.9 Å². The lowest BCUT2D eigenvalue weighted by atomic mass is 10.1. The summed E-state index contributed by atoms with van der Waals surface area (Å²) in [5, 5.41) is 0. The van der Waals surface area contributed by atoms with Crippen molar-refractivity contribution in [1.29, 1.82) is 0 Å². The van der Waals surface area contributed by atoms with Crippen LogP contribution in [0.2, 0.25) is 0 Å². The third-order valence-corrected chi connectivity index (χ3v) is 3.65. The molecule has 0 saturated heterocycles. The molecule has 6 heteroatoms. The van der Waals surface area contributed by atoms with Gasteiger partial charge in [0, 0.05) is 18.1 Å². The number of esters is 2. The summed E-state index contributed by atoms with van der Waals surface area (Å²) < 4.78 is 15.6. The molecule has 2 aromatic carbocycles. The van der Waals surface area contributed by atoms with Crippen LogP contribution in [0.1, 0.15) is 23.6 Å². The van der Waals surface area contributed by atoms with Crippen LogP contribution < -0.4 is 9.47 Å². The highest BCUT2D eigenvalue weighted by molar-refractivity contribution is 6.13. The highest BCUT2D eigenvalue weighted by Gasteiger charge is 2.24. The van der Waals surface area contributed by atoms with E-state index >= 15 is 0 Å². The van der Waals surface area contributed by atoms with Crippen LogP contribution in [0.5, 0.6) is 11.5 Å². The highest BCUT2D eigenvalue weighted by Crippen LogP contribution is 2.28. The summed E-state index contributed by atoms with van der Waals surface area (Å²) in [5.74, 6) is 0.0626. The first-order valence-electron chi connectivity index (χ1n) is 7.92. The van der Waals surface area contributed by atoms with E-state index in [0.717, 1.165) is 5.56 Å². The Balaban J connectivity index is 2.01. The SMILES string of the molecule is COc1ccc(OC(C)=O)c(C=C2N=C(c3cccc(C)c3)OC2=O)c1. The number of hydrogen-bond donors (Lipinski definition) is 0. The largest absolute Gasteiger partial charge is 0.497 e. The van der Waals surface area contributed by atoms with Gasteiger partial charge in [-0.1, -0.05) is 17.7 Å². The average Bonchev–Trinajstić information content (AvgIpc) is 2.97. The van der Waals surface area contributed by atoms with Crippen molar-refractivity contribution in [3.8, 4) is 11.5 Å². The van der Waals surface area contributed by atoms with E-state index in [1.165, 1.54) is 20.1 Å². The molecule has 3 rings (SSSR count). The second kappa shape index (κ2) is 7.23. The number of hydrogen-bond acceptors (Lipinski definition) is 6. The monoisotopic (exact) mass is 351 g/mol. The minimum atomic E-state index is -0.571. The molecule has 0 aliphatic carbocycles.